The molecule has 1 saturated carbocycles. The van der Waals surface area contributed by atoms with Crippen LogP contribution in [0.3, 0.4) is 0 Å². The predicted molar refractivity (Wildman–Crippen MR) is 106 cm³/mol. The van der Waals surface area contributed by atoms with E-state index in [0.29, 0.717) is 5.56 Å². The number of esters is 1. The van der Waals surface area contributed by atoms with Gasteiger partial charge in [0, 0.05) is 24.7 Å². The number of carbonyl (C=O) groups excluding carboxylic acids is 2. The minimum absolute atomic E-state index is 0.327. The average Bonchev–Trinajstić information content (AvgIpc) is 2.68. The van der Waals surface area contributed by atoms with E-state index >= 15 is 0 Å². The molecule has 1 aromatic rings. The van der Waals surface area contributed by atoms with Crippen LogP contribution in [0.1, 0.15) is 54.9 Å². The number of benzene rings is 1. The lowest BCUT2D eigenvalue weighted by Crippen LogP contribution is -2.61. The Labute approximate surface area is 162 Å². The minimum atomic E-state index is -0.812. The molecule has 1 aliphatic rings. The van der Waals surface area contributed by atoms with Crippen molar-refractivity contribution < 1.29 is 19.1 Å². The molecule has 0 radical (unpaired) electrons. The standard InChI is InChI=1S/C20H25NO4.C2H4/c1-4-5-6-8-15-9-11-16(12-10-15)18(22)21-17(19(23)24-2)20(25-3)13-7-14-20;1-2/h9-12,17H,4-5,7,13-14H2,1-3H3,(H,21,22);1-2H2. The summed E-state index contributed by atoms with van der Waals surface area (Å²) in [5.74, 6) is 5.31. The van der Waals surface area contributed by atoms with Crippen molar-refractivity contribution in [1.82, 2.24) is 5.32 Å². The summed E-state index contributed by atoms with van der Waals surface area (Å²) in [6.07, 6.45) is 4.26. The van der Waals surface area contributed by atoms with Crippen molar-refractivity contribution in [2.45, 2.75) is 50.7 Å². The summed E-state index contributed by atoms with van der Waals surface area (Å²) < 4.78 is 10.4. The van der Waals surface area contributed by atoms with Crippen molar-refractivity contribution in [3.05, 3.63) is 48.6 Å². The maximum atomic E-state index is 12.5. The fourth-order valence-electron chi connectivity index (χ4n) is 2.87. The fraction of sp³-hybridized carbons (Fsp3) is 0.455. The van der Waals surface area contributed by atoms with Gasteiger partial charge in [-0.2, -0.15) is 0 Å². The van der Waals surface area contributed by atoms with Crippen molar-refractivity contribution in [1.29, 1.82) is 0 Å². The number of nitrogens with one attached hydrogen (secondary N) is 1. The third-order valence-corrected chi connectivity index (χ3v) is 4.60. The van der Waals surface area contributed by atoms with Crippen LogP contribution in [-0.2, 0) is 14.3 Å². The van der Waals surface area contributed by atoms with Gasteiger partial charge < -0.3 is 14.8 Å². The number of methoxy groups -OCH3 is 2. The Hall–Kier alpha value is -2.58. The van der Waals surface area contributed by atoms with Gasteiger partial charge in [-0.15, -0.1) is 13.2 Å². The Kier molecular flexibility index (Phi) is 9.32. The smallest absolute Gasteiger partial charge is 0.331 e. The average molecular weight is 371 g/mol. The summed E-state index contributed by atoms with van der Waals surface area (Å²) in [5.41, 5.74) is 0.663. The number of hydrogen-bond acceptors (Lipinski definition) is 4. The van der Waals surface area contributed by atoms with Gasteiger partial charge in [-0.25, -0.2) is 4.79 Å². The summed E-state index contributed by atoms with van der Waals surface area (Å²) in [5, 5.41) is 2.77. The molecule has 1 aromatic carbocycles. The Morgan fingerprint density at radius 1 is 1.22 bits per heavy atom. The fourth-order valence-corrected chi connectivity index (χ4v) is 2.87. The highest BCUT2D eigenvalue weighted by molar-refractivity contribution is 5.97. The van der Waals surface area contributed by atoms with Gasteiger partial charge in [-0.1, -0.05) is 18.8 Å². The first-order chi connectivity index (χ1) is 13.1. The maximum Gasteiger partial charge on any atom is 0.331 e. The molecule has 1 N–H and O–H groups in total. The molecule has 0 heterocycles. The molecule has 1 unspecified atom stereocenters. The highest BCUT2D eigenvalue weighted by Gasteiger charge is 2.49. The SMILES string of the molecule is C=C.CCCC#Cc1ccc(C(=O)NC(C(=O)OC)C2(OC)CCC2)cc1. The number of hydrogen-bond donors (Lipinski definition) is 1. The Morgan fingerprint density at radius 2 is 1.85 bits per heavy atom. The van der Waals surface area contributed by atoms with Crippen molar-refractivity contribution in [2.75, 3.05) is 14.2 Å². The molecule has 0 bridgehead atoms. The van der Waals surface area contributed by atoms with Gasteiger partial charge in [-0.3, -0.25) is 4.79 Å². The van der Waals surface area contributed by atoms with Crippen LogP contribution in [0.5, 0.6) is 0 Å². The molecule has 146 valence electrons. The van der Waals surface area contributed by atoms with Gasteiger partial charge in [0.05, 0.1) is 12.7 Å². The zero-order valence-corrected chi connectivity index (χ0v) is 16.5. The Balaban J connectivity index is 0.00000176. The molecule has 1 amide bonds. The molecular weight excluding hydrogens is 342 g/mol. The topological polar surface area (TPSA) is 64.6 Å². The molecule has 27 heavy (non-hydrogen) atoms. The third kappa shape index (κ3) is 5.70. The van der Waals surface area contributed by atoms with E-state index in [-0.39, 0.29) is 5.91 Å². The van der Waals surface area contributed by atoms with Crippen LogP contribution in [-0.4, -0.2) is 37.7 Å². The van der Waals surface area contributed by atoms with Crippen LogP contribution in [0.15, 0.2) is 37.4 Å². The summed E-state index contributed by atoms with van der Waals surface area (Å²) in [4.78, 5) is 24.7. The second kappa shape index (κ2) is 11.2. The highest BCUT2D eigenvalue weighted by atomic mass is 16.5. The summed E-state index contributed by atoms with van der Waals surface area (Å²) in [7, 11) is 2.87. The zero-order valence-electron chi connectivity index (χ0n) is 16.5. The summed E-state index contributed by atoms with van der Waals surface area (Å²) >= 11 is 0. The quantitative estimate of drug-likeness (QED) is 0.472. The van der Waals surface area contributed by atoms with Crippen molar-refractivity contribution in [3.8, 4) is 11.8 Å². The van der Waals surface area contributed by atoms with Crippen molar-refractivity contribution in [3.63, 3.8) is 0 Å². The van der Waals surface area contributed by atoms with E-state index in [4.69, 9.17) is 9.47 Å². The monoisotopic (exact) mass is 371 g/mol. The molecule has 0 aromatic heterocycles. The van der Waals surface area contributed by atoms with Gasteiger partial charge in [0.2, 0.25) is 0 Å². The molecule has 2 rings (SSSR count). The molecule has 0 saturated heterocycles. The van der Waals surface area contributed by atoms with E-state index in [9.17, 15) is 9.59 Å². The normalized spacial score (nSPS) is 14.9. The van der Waals surface area contributed by atoms with Crippen LogP contribution < -0.4 is 5.32 Å². The van der Waals surface area contributed by atoms with Crippen LogP contribution in [0.4, 0.5) is 0 Å². The highest BCUT2D eigenvalue weighted by Crippen LogP contribution is 2.38. The van der Waals surface area contributed by atoms with Crippen LogP contribution >= 0.6 is 0 Å². The van der Waals surface area contributed by atoms with Crippen LogP contribution in [0.2, 0.25) is 0 Å². The minimum Gasteiger partial charge on any atom is -0.467 e. The molecule has 1 fully saturated rings. The third-order valence-electron chi connectivity index (χ3n) is 4.60. The van der Waals surface area contributed by atoms with E-state index in [0.717, 1.165) is 37.7 Å². The number of rotatable bonds is 6. The van der Waals surface area contributed by atoms with Gasteiger partial charge in [-0.05, 0) is 49.9 Å². The van der Waals surface area contributed by atoms with Crippen LogP contribution in [0, 0.1) is 11.8 Å². The van der Waals surface area contributed by atoms with Crippen molar-refractivity contribution >= 4 is 11.9 Å². The first kappa shape index (κ1) is 22.5. The number of amides is 1. The molecule has 1 aliphatic carbocycles. The number of unbranched alkanes of at least 4 members (excludes halogenated alkanes) is 1. The Bertz CT molecular complexity index is 675. The van der Waals surface area contributed by atoms with Gasteiger partial charge in [0.25, 0.3) is 5.91 Å². The van der Waals surface area contributed by atoms with E-state index in [1.165, 1.54) is 7.11 Å². The lowest BCUT2D eigenvalue weighted by Gasteiger charge is -2.44. The second-order valence-corrected chi connectivity index (χ2v) is 6.18. The molecule has 5 nitrogen and oxygen atoms in total. The van der Waals surface area contributed by atoms with Crippen molar-refractivity contribution in [2.24, 2.45) is 0 Å². The lowest BCUT2D eigenvalue weighted by molar-refractivity contribution is -0.160. The number of ether oxygens (including phenoxy) is 2. The Morgan fingerprint density at radius 3 is 2.30 bits per heavy atom. The maximum absolute atomic E-state index is 12.5. The van der Waals surface area contributed by atoms with E-state index in [1.54, 1.807) is 31.4 Å². The molecule has 0 spiro atoms. The van der Waals surface area contributed by atoms with Gasteiger partial charge >= 0.3 is 5.97 Å². The number of carbonyl (C=O) groups is 2. The molecule has 5 heteroatoms. The first-order valence-corrected chi connectivity index (χ1v) is 9.09. The van der Waals surface area contributed by atoms with E-state index in [2.05, 4.69) is 37.2 Å². The lowest BCUT2D eigenvalue weighted by atomic mass is 9.74. The van der Waals surface area contributed by atoms with E-state index < -0.39 is 17.6 Å². The second-order valence-electron chi connectivity index (χ2n) is 6.18. The van der Waals surface area contributed by atoms with Gasteiger partial charge in [0.15, 0.2) is 6.04 Å². The summed E-state index contributed by atoms with van der Waals surface area (Å²) in [6.45, 7) is 8.08. The predicted octanol–water partition coefficient (Wildman–Crippen LogP) is 3.48. The van der Waals surface area contributed by atoms with E-state index in [1.807, 2.05) is 0 Å². The zero-order chi connectivity index (χ0) is 20.3. The molecule has 1 atom stereocenters. The van der Waals surface area contributed by atoms with Gasteiger partial charge in [0.1, 0.15) is 0 Å². The summed E-state index contributed by atoms with van der Waals surface area (Å²) in [6, 6.07) is 6.22. The largest absolute Gasteiger partial charge is 0.467 e. The molecular formula is C22H29NO4. The molecule has 0 aliphatic heterocycles. The van der Waals surface area contributed by atoms with Crippen LogP contribution in [0.25, 0.3) is 0 Å². The first-order valence-electron chi connectivity index (χ1n) is 9.09.